The Morgan fingerprint density at radius 3 is 2.84 bits per heavy atom. The number of likely N-dealkylation sites (N-methyl/N-ethyl adjacent to an activating group) is 1. The molecular formula is C13H17N3O3. The van der Waals surface area contributed by atoms with Crippen LogP contribution in [-0.2, 0) is 9.59 Å². The Hall–Kier alpha value is -2.37. The van der Waals surface area contributed by atoms with Crippen LogP contribution in [0.5, 0.6) is 5.75 Å². The summed E-state index contributed by atoms with van der Waals surface area (Å²) < 4.78 is 5.47. The molecule has 0 aliphatic carbocycles. The molecule has 2 N–H and O–H groups in total. The number of hydrazone groups is 1. The van der Waals surface area contributed by atoms with E-state index in [0.29, 0.717) is 6.61 Å². The lowest BCUT2D eigenvalue weighted by molar-refractivity contribution is -0.138. The molecule has 0 radical (unpaired) electrons. The van der Waals surface area contributed by atoms with Crippen LogP contribution in [0.1, 0.15) is 18.9 Å². The van der Waals surface area contributed by atoms with E-state index in [9.17, 15) is 9.59 Å². The minimum absolute atomic E-state index is 0.647. The number of rotatable bonds is 5. The third-order valence-electron chi connectivity index (χ3n) is 2.14. The zero-order chi connectivity index (χ0) is 14.1. The van der Waals surface area contributed by atoms with Crippen molar-refractivity contribution >= 4 is 18.0 Å². The number of carbonyl (C=O) groups is 2. The zero-order valence-electron chi connectivity index (χ0n) is 11.0. The van der Waals surface area contributed by atoms with E-state index in [2.05, 4.69) is 15.8 Å². The summed E-state index contributed by atoms with van der Waals surface area (Å²) in [6, 6.07) is 7.28. The second-order valence-electron chi connectivity index (χ2n) is 3.70. The topological polar surface area (TPSA) is 79.8 Å². The molecule has 0 unspecified atom stereocenters. The smallest absolute Gasteiger partial charge is 0.329 e. The van der Waals surface area contributed by atoms with Gasteiger partial charge in [-0.25, -0.2) is 5.43 Å². The molecule has 0 atom stereocenters. The molecule has 6 nitrogen and oxygen atoms in total. The molecule has 0 bridgehead atoms. The van der Waals surface area contributed by atoms with Crippen LogP contribution in [0.2, 0.25) is 0 Å². The summed E-state index contributed by atoms with van der Waals surface area (Å²) in [5.41, 5.74) is 2.89. The molecule has 0 aliphatic rings. The van der Waals surface area contributed by atoms with Crippen LogP contribution in [0.3, 0.4) is 0 Å². The summed E-state index contributed by atoms with van der Waals surface area (Å²) in [7, 11) is 1.38. The number of amides is 2. The third kappa shape index (κ3) is 5.20. The summed E-state index contributed by atoms with van der Waals surface area (Å²) in [5.74, 6) is -0.808. The molecule has 0 aromatic heterocycles. The third-order valence-corrected chi connectivity index (χ3v) is 2.14. The van der Waals surface area contributed by atoms with E-state index in [1.54, 1.807) is 6.07 Å². The molecule has 6 heteroatoms. The largest absolute Gasteiger partial charge is 0.494 e. The molecule has 102 valence electrons. The van der Waals surface area contributed by atoms with Crippen LogP contribution in [-0.4, -0.2) is 31.7 Å². The molecule has 0 fully saturated rings. The molecule has 0 spiro atoms. The summed E-state index contributed by atoms with van der Waals surface area (Å²) in [4.78, 5) is 22.0. The molecule has 1 aromatic carbocycles. The van der Waals surface area contributed by atoms with Crippen molar-refractivity contribution in [3.8, 4) is 5.75 Å². The first-order valence-corrected chi connectivity index (χ1v) is 5.95. The maximum Gasteiger partial charge on any atom is 0.329 e. The van der Waals surface area contributed by atoms with E-state index in [1.165, 1.54) is 13.3 Å². The van der Waals surface area contributed by atoms with Crippen LogP contribution in [0.4, 0.5) is 0 Å². The Kier molecular flexibility index (Phi) is 6.08. The predicted octanol–water partition coefficient (Wildman–Crippen LogP) is 0.671. The second kappa shape index (κ2) is 7.86. The summed E-state index contributed by atoms with van der Waals surface area (Å²) >= 11 is 0. The number of nitrogens with one attached hydrogen (secondary N) is 2. The van der Waals surface area contributed by atoms with Gasteiger partial charge in [0.05, 0.1) is 12.8 Å². The first kappa shape index (κ1) is 14.7. The van der Waals surface area contributed by atoms with Crippen molar-refractivity contribution in [2.75, 3.05) is 13.7 Å². The highest BCUT2D eigenvalue weighted by Gasteiger charge is 2.08. The number of nitrogens with zero attached hydrogens (tertiary/aromatic N) is 1. The van der Waals surface area contributed by atoms with Gasteiger partial charge in [-0.05, 0) is 24.1 Å². The lowest BCUT2D eigenvalue weighted by atomic mass is 10.2. The Morgan fingerprint density at radius 2 is 2.16 bits per heavy atom. The maximum atomic E-state index is 11.1. The quantitative estimate of drug-likeness (QED) is 0.465. The maximum absolute atomic E-state index is 11.1. The van der Waals surface area contributed by atoms with Gasteiger partial charge < -0.3 is 10.1 Å². The monoisotopic (exact) mass is 263 g/mol. The van der Waals surface area contributed by atoms with Crippen LogP contribution >= 0.6 is 0 Å². The Bertz CT molecular complexity index is 472. The fraction of sp³-hybridized carbons (Fsp3) is 0.308. The van der Waals surface area contributed by atoms with E-state index in [-0.39, 0.29) is 0 Å². The van der Waals surface area contributed by atoms with Gasteiger partial charge in [-0.3, -0.25) is 9.59 Å². The average molecular weight is 263 g/mol. The molecule has 0 saturated heterocycles. The van der Waals surface area contributed by atoms with Gasteiger partial charge in [0.1, 0.15) is 5.75 Å². The molecular weight excluding hydrogens is 246 g/mol. The van der Waals surface area contributed by atoms with Gasteiger partial charge in [-0.1, -0.05) is 19.1 Å². The molecule has 0 aliphatic heterocycles. The van der Waals surface area contributed by atoms with E-state index < -0.39 is 11.8 Å². The minimum Gasteiger partial charge on any atom is -0.494 e. The summed E-state index contributed by atoms with van der Waals surface area (Å²) in [5, 5.41) is 5.89. The van der Waals surface area contributed by atoms with Gasteiger partial charge >= 0.3 is 11.8 Å². The van der Waals surface area contributed by atoms with Crippen molar-refractivity contribution in [2.24, 2.45) is 5.10 Å². The lowest BCUT2D eigenvalue weighted by Crippen LogP contribution is -2.35. The number of hydrogen-bond donors (Lipinski definition) is 2. The van der Waals surface area contributed by atoms with Crippen molar-refractivity contribution in [3.05, 3.63) is 29.8 Å². The van der Waals surface area contributed by atoms with Gasteiger partial charge in [0.15, 0.2) is 0 Å². The van der Waals surface area contributed by atoms with Gasteiger partial charge in [-0.15, -0.1) is 0 Å². The van der Waals surface area contributed by atoms with Crippen molar-refractivity contribution in [2.45, 2.75) is 13.3 Å². The highest BCUT2D eigenvalue weighted by Crippen LogP contribution is 2.12. The normalized spacial score (nSPS) is 10.2. The van der Waals surface area contributed by atoms with Crippen molar-refractivity contribution in [3.63, 3.8) is 0 Å². The number of benzene rings is 1. The number of ether oxygens (including phenoxy) is 1. The van der Waals surface area contributed by atoms with E-state index >= 15 is 0 Å². The van der Waals surface area contributed by atoms with Gasteiger partial charge in [0, 0.05) is 7.05 Å². The Morgan fingerprint density at radius 1 is 1.37 bits per heavy atom. The second-order valence-corrected chi connectivity index (χ2v) is 3.70. The fourth-order valence-electron chi connectivity index (χ4n) is 1.23. The zero-order valence-corrected chi connectivity index (χ0v) is 11.0. The highest BCUT2D eigenvalue weighted by atomic mass is 16.5. The number of hydrogen-bond acceptors (Lipinski definition) is 4. The van der Waals surface area contributed by atoms with E-state index in [4.69, 9.17) is 4.74 Å². The molecule has 2 amide bonds. The van der Waals surface area contributed by atoms with Crippen molar-refractivity contribution in [1.29, 1.82) is 0 Å². The first-order chi connectivity index (χ1) is 9.17. The average Bonchev–Trinajstić information content (AvgIpc) is 2.44. The molecule has 1 aromatic rings. The highest BCUT2D eigenvalue weighted by molar-refractivity contribution is 6.34. The first-order valence-electron chi connectivity index (χ1n) is 5.95. The Labute approximate surface area is 111 Å². The summed E-state index contributed by atoms with van der Waals surface area (Å²) in [6.07, 6.45) is 2.38. The van der Waals surface area contributed by atoms with Gasteiger partial charge in [0.2, 0.25) is 0 Å². The Balaban J connectivity index is 2.56. The van der Waals surface area contributed by atoms with Crippen molar-refractivity contribution in [1.82, 2.24) is 10.7 Å². The van der Waals surface area contributed by atoms with Crippen LogP contribution in [0.15, 0.2) is 29.4 Å². The van der Waals surface area contributed by atoms with E-state index in [1.807, 2.05) is 25.1 Å². The summed E-state index contributed by atoms with van der Waals surface area (Å²) in [6.45, 7) is 2.67. The van der Waals surface area contributed by atoms with Crippen LogP contribution in [0, 0.1) is 0 Å². The van der Waals surface area contributed by atoms with Gasteiger partial charge in [0.25, 0.3) is 0 Å². The molecule has 19 heavy (non-hydrogen) atoms. The van der Waals surface area contributed by atoms with Gasteiger partial charge in [-0.2, -0.15) is 5.10 Å². The van der Waals surface area contributed by atoms with E-state index in [0.717, 1.165) is 17.7 Å². The molecule has 0 saturated carbocycles. The van der Waals surface area contributed by atoms with Crippen molar-refractivity contribution < 1.29 is 14.3 Å². The SMILES string of the molecule is CCCOc1cccc(/C=N\NC(=O)C(=O)NC)c1. The minimum atomic E-state index is -0.808. The standard InChI is InChI=1S/C13H17N3O3/c1-3-7-19-11-6-4-5-10(8-11)9-15-16-13(18)12(17)14-2/h4-6,8-9H,3,7H2,1-2H3,(H,14,17)(H,16,18)/b15-9-. The molecule has 0 heterocycles. The number of carbonyl (C=O) groups excluding carboxylic acids is 2. The van der Waals surface area contributed by atoms with Crippen LogP contribution in [0.25, 0.3) is 0 Å². The lowest BCUT2D eigenvalue weighted by Gasteiger charge is -2.04. The van der Waals surface area contributed by atoms with Crippen LogP contribution < -0.4 is 15.5 Å². The fourth-order valence-corrected chi connectivity index (χ4v) is 1.23. The predicted molar refractivity (Wildman–Crippen MR) is 72.0 cm³/mol. The molecule has 1 rings (SSSR count).